The molecule has 0 saturated carbocycles. The highest BCUT2D eigenvalue weighted by atomic mass is 16.5. The van der Waals surface area contributed by atoms with Crippen molar-refractivity contribution in [3.63, 3.8) is 0 Å². The Hall–Kier alpha value is -4.52. The first-order valence-corrected chi connectivity index (χ1v) is 11.1. The molecule has 2 heterocycles. The molecule has 1 aliphatic carbocycles. The van der Waals surface area contributed by atoms with E-state index < -0.39 is 11.5 Å². The van der Waals surface area contributed by atoms with Gasteiger partial charge in [0.2, 0.25) is 0 Å². The number of allylic oxidation sites excluding steroid dienone is 1. The number of carbonyl (C=O) groups is 1. The van der Waals surface area contributed by atoms with Crippen LogP contribution in [0.2, 0.25) is 0 Å². The van der Waals surface area contributed by atoms with Crippen molar-refractivity contribution in [1.82, 2.24) is 0 Å². The number of ether oxygens (including phenoxy) is 3. The van der Waals surface area contributed by atoms with Gasteiger partial charge in [0.1, 0.15) is 34.3 Å². The van der Waals surface area contributed by atoms with Crippen LogP contribution in [0.3, 0.4) is 0 Å². The molecule has 1 N–H and O–H groups in total. The molecular formula is C28H20O7. The van der Waals surface area contributed by atoms with Crippen LogP contribution in [0.4, 0.5) is 0 Å². The molecule has 1 unspecified atom stereocenters. The summed E-state index contributed by atoms with van der Waals surface area (Å²) < 4.78 is 23.0. The van der Waals surface area contributed by atoms with Crippen molar-refractivity contribution in [1.29, 1.82) is 0 Å². The Kier molecular flexibility index (Phi) is 4.67. The Morgan fingerprint density at radius 3 is 2.51 bits per heavy atom. The zero-order valence-electron chi connectivity index (χ0n) is 19.0. The second-order valence-corrected chi connectivity index (χ2v) is 8.42. The third-order valence-electron chi connectivity index (χ3n) is 6.59. The molecule has 0 fully saturated rings. The largest absolute Gasteiger partial charge is 0.507 e. The van der Waals surface area contributed by atoms with Crippen molar-refractivity contribution in [2.24, 2.45) is 0 Å². The third kappa shape index (κ3) is 3.05. The quantitative estimate of drug-likeness (QED) is 0.440. The minimum atomic E-state index is -0.976. The summed E-state index contributed by atoms with van der Waals surface area (Å²) >= 11 is 0. The molecule has 2 aliphatic rings. The van der Waals surface area contributed by atoms with Crippen LogP contribution in [0.1, 0.15) is 28.2 Å². The lowest BCUT2D eigenvalue weighted by molar-refractivity contribution is -0.115. The van der Waals surface area contributed by atoms with Crippen LogP contribution < -0.4 is 19.8 Å². The van der Waals surface area contributed by atoms with Crippen molar-refractivity contribution >= 4 is 22.5 Å². The molecule has 0 amide bonds. The minimum absolute atomic E-state index is 0.0445. The topological polar surface area (TPSA) is 95.2 Å². The highest BCUT2D eigenvalue weighted by molar-refractivity contribution is 6.09. The molecule has 0 bridgehead atoms. The van der Waals surface area contributed by atoms with Gasteiger partial charge in [0.25, 0.3) is 0 Å². The molecule has 1 aromatic heterocycles. The van der Waals surface area contributed by atoms with E-state index in [4.69, 9.17) is 18.6 Å². The summed E-state index contributed by atoms with van der Waals surface area (Å²) in [4.78, 5) is 26.9. The standard InChI is InChI=1S/C28H20O7/c1-32-15-12-20(33-2)23-21(13-15)34-27-16-8-4-3-7-14(16)11-18(29)22(27)24(23)25-26(30)17-9-5-6-10-19(17)35-28(25)31/h3-10,12-13,24,30H,11H2,1-2H3. The van der Waals surface area contributed by atoms with Crippen LogP contribution in [-0.4, -0.2) is 25.1 Å². The maximum absolute atomic E-state index is 13.6. The Morgan fingerprint density at radius 2 is 1.71 bits per heavy atom. The number of para-hydroxylation sites is 1. The molecule has 0 radical (unpaired) electrons. The molecule has 4 aromatic rings. The number of ketones is 1. The average Bonchev–Trinajstić information content (AvgIpc) is 2.87. The SMILES string of the molecule is COc1cc(OC)c2c(c1)OC1=C(C(=O)Cc3ccccc31)C2c1c(O)c2ccccc2oc1=O. The predicted molar refractivity (Wildman–Crippen MR) is 128 cm³/mol. The summed E-state index contributed by atoms with van der Waals surface area (Å²) in [5, 5.41) is 11.7. The van der Waals surface area contributed by atoms with Gasteiger partial charge < -0.3 is 23.7 Å². The molecule has 0 saturated heterocycles. The first kappa shape index (κ1) is 21.0. The number of Topliss-reactive ketones (excluding diaryl/α,β-unsaturated/α-hetero) is 1. The van der Waals surface area contributed by atoms with Gasteiger partial charge in [-0.25, -0.2) is 4.79 Å². The van der Waals surface area contributed by atoms with E-state index in [0.29, 0.717) is 34.0 Å². The number of aromatic hydroxyl groups is 1. The Bertz CT molecular complexity index is 1630. The van der Waals surface area contributed by atoms with Crippen LogP contribution in [0.25, 0.3) is 16.7 Å². The van der Waals surface area contributed by atoms with Crippen LogP contribution >= 0.6 is 0 Å². The average molecular weight is 468 g/mol. The second kappa shape index (κ2) is 7.77. The summed E-state index contributed by atoms with van der Waals surface area (Å²) in [7, 11) is 3.01. The highest BCUT2D eigenvalue weighted by Crippen LogP contribution is 2.54. The summed E-state index contributed by atoms with van der Waals surface area (Å²) in [6, 6.07) is 17.5. The smallest absolute Gasteiger partial charge is 0.344 e. The van der Waals surface area contributed by atoms with Gasteiger partial charge in [-0.1, -0.05) is 36.4 Å². The minimum Gasteiger partial charge on any atom is -0.507 e. The number of methoxy groups -OCH3 is 2. The van der Waals surface area contributed by atoms with Gasteiger partial charge in [0.05, 0.1) is 36.7 Å². The maximum atomic E-state index is 13.6. The van der Waals surface area contributed by atoms with Crippen molar-refractivity contribution in [2.75, 3.05) is 14.2 Å². The van der Waals surface area contributed by atoms with Crippen LogP contribution in [0.15, 0.2) is 75.4 Å². The number of rotatable bonds is 3. The molecule has 35 heavy (non-hydrogen) atoms. The molecule has 174 valence electrons. The van der Waals surface area contributed by atoms with Crippen LogP contribution in [0, 0.1) is 0 Å². The van der Waals surface area contributed by atoms with Gasteiger partial charge in [0, 0.05) is 29.7 Å². The predicted octanol–water partition coefficient (Wildman–Crippen LogP) is 4.58. The molecule has 0 spiro atoms. The van der Waals surface area contributed by atoms with Crippen molar-refractivity contribution < 1.29 is 28.5 Å². The fraction of sp³-hybridized carbons (Fsp3) is 0.143. The van der Waals surface area contributed by atoms with Crippen molar-refractivity contribution in [2.45, 2.75) is 12.3 Å². The molecule has 7 heteroatoms. The van der Waals surface area contributed by atoms with E-state index in [1.807, 2.05) is 24.3 Å². The number of carbonyl (C=O) groups excluding carboxylic acids is 1. The first-order valence-electron chi connectivity index (χ1n) is 11.1. The van der Waals surface area contributed by atoms with E-state index in [0.717, 1.165) is 11.1 Å². The normalized spacial score (nSPS) is 16.3. The van der Waals surface area contributed by atoms with Gasteiger partial charge in [0.15, 0.2) is 5.78 Å². The lowest BCUT2D eigenvalue weighted by Gasteiger charge is -2.34. The molecule has 1 atom stereocenters. The lowest BCUT2D eigenvalue weighted by Crippen LogP contribution is -2.29. The summed E-state index contributed by atoms with van der Waals surface area (Å²) in [6.45, 7) is 0. The zero-order chi connectivity index (χ0) is 24.3. The number of hydrogen-bond acceptors (Lipinski definition) is 7. The zero-order valence-corrected chi connectivity index (χ0v) is 19.0. The molecular weight excluding hydrogens is 448 g/mol. The van der Waals surface area contributed by atoms with E-state index >= 15 is 0 Å². The fourth-order valence-electron chi connectivity index (χ4n) is 5.02. The first-order chi connectivity index (χ1) is 17.0. The van der Waals surface area contributed by atoms with Gasteiger partial charge >= 0.3 is 5.63 Å². The van der Waals surface area contributed by atoms with Crippen molar-refractivity contribution in [3.8, 4) is 23.0 Å². The van der Waals surface area contributed by atoms with Gasteiger partial charge in [-0.3, -0.25) is 4.79 Å². The van der Waals surface area contributed by atoms with E-state index in [1.54, 1.807) is 36.4 Å². The van der Waals surface area contributed by atoms with Crippen LogP contribution in [0.5, 0.6) is 23.0 Å². The van der Waals surface area contributed by atoms with E-state index in [9.17, 15) is 14.7 Å². The van der Waals surface area contributed by atoms with Crippen LogP contribution in [-0.2, 0) is 11.2 Å². The number of fused-ring (bicyclic) bond motifs is 4. The van der Waals surface area contributed by atoms with E-state index in [2.05, 4.69) is 0 Å². The fourth-order valence-corrected chi connectivity index (χ4v) is 5.02. The summed E-state index contributed by atoms with van der Waals surface area (Å²) in [5.41, 5.74) is 1.76. The third-order valence-corrected chi connectivity index (χ3v) is 6.59. The summed E-state index contributed by atoms with van der Waals surface area (Å²) in [6.07, 6.45) is 0.141. The van der Waals surface area contributed by atoms with Gasteiger partial charge in [-0.2, -0.15) is 0 Å². The molecule has 6 rings (SSSR count). The van der Waals surface area contributed by atoms with Gasteiger partial charge in [-0.05, 0) is 17.7 Å². The Labute approximate surface area is 199 Å². The monoisotopic (exact) mass is 468 g/mol. The van der Waals surface area contributed by atoms with E-state index in [-0.39, 0.29) is 34.7 Å². The lowest BCUT2D eigenvalue weighted by atomic mass is 9.75. The van der Waals surface area contributed by atoms with Gasteiger partial charge in [-0.15, -0.1) is 0 Å². The number of benzene rings is 3. The maximum Gasteiger partial charge on any atom is 0.344 e. The molecule has 1 aliphatic heterocycles. The molecule has 3 aromatic carbocycles. The van der Waals surface area contributed by atoms with E-state index in [1.165, 1.54) is 14.2 Å². The second-order valence-electron chi connectivity index (χ2n) is 8.42. The molecule has 7 nitrogen and oxygen atoms in total. The highest BCUT2D eigenvalue weighted by Gasteiger charge is 2.43. The number of hydrogen-bond donors (Lipinski definition) is 1. The Morgan fingerprint density at radius 1 is 0.943 bits per heavy atom. The van der Waals surface area contributed by atoms with Crippen molar-refractivity contribution in [3.05, 3.63) is 98.9 Å². The Balaban J connectivity index is 1.74. The summed E-state index contributed by atoms with van der Waals surface area (Å²) in [5.74, 6) is 0.114.